The van der Waals surface area contributed by atoms with E-state index >= 15 is 0 Å². The first-order valence-electron chi connectivity index (χ1n) is 7.24. The van der Waals surface area contributed by atoms with Gasteiger partial charge in [0.15, 0.2) is 5.78 Å². The van der Waals surface area contributed by atoms with E-state index in [0.29, 0.717) is 27.1 Å². The first kappa shape index (κ1) is 18.6. The lowest BCUT2D eigenvalue weighted by molar-refractivity contribution is 0.0988. The molecule has 2 aromatic rings. The highest BCUT2D eigenvalue weighted by atomic mass is 35.5. The van der Waals surface area contributed by atoms with Crippen molar-refractivity contribution in [3.63, 3.8) is 0 Å². The Morgan fingerprint density at radius 2 is 1.48 bits per heavy atom. The summed E-state index contributed by atoms with van der Waals surface area (Å²) >= 11 is 25.0. The normalized spacial score (nSPS) is 18.8. The maximum Gasteiger partial charge on any atom is 0.184 e. The van der Waals surface area contributed by atoms with E-state index < -0.39 is 6.04 Å². The van der Waals surface area contributed by atoms with Crippen LogP contribution in [0, 0.1) is 0 Å². The number of ether oxygens (including phenoxy) is 2. The highest BCUT2D eigenvalue weighted by Gasteiger charge is 2.47. The molecule has 132 valence electrons. The standard InChI is InChI=1S/C17H13Cl4NO3/c1-24-9-5-3-7(18)11(13(9)20)15-16(22-15)17(23)12-8(19)4-6-10(25-2)14(12)21/h3-6,15-16,22H,1-2H3/t15-,16+/m0/s1. The minimum atomic E-state index is -0.538. The molecule has 3 rings (SSSR count). The third-order valence-electron chi connectivity index (χ3n) is 4.01. The van der Waals surface area contributed by atoms with E-state index in [1.165, 1.54) is 14.2 Å². The Balaban J connectivity index is 1.94. The molecule has 1 heterocycles. The Morgan fingerprint density at radius 3 is 2.08 bits per heavy atom. The van der Waals surface area contributed by atoms with Crippen molar-refractivity contribution in [3.8, 4) is 11.5 Å². The third kappa shape index (κ3) is 3.29. The second-order valence-corrected chi connectivity index (χ2v) is 6.97. The van der Waals surface area contributed by atoms with Crippen molar-refractivity contribution >= 4 is 52.2 Å². The molecule has 2 aromatic carbocycles. The highest BCUT2D eigenvalue weighted by molar-refractivity contribution is 6.41. The van der Waals surface area contributed by atoms with Gasteiger partial charge in [-0.3, -0.25) is 10.1 Å². The second kappa shape index (κ2) is 7.22. The van der Waals surface area contributed by atoms with Gasteiger partial charge in [0.2, 0.25) is 0 Å². The zero-order valence-electron chi connectivity index (χ0n) is 13.2. The largest absolute Gasteiger partial charge is 0.495 e. The van der Waals surface area contributed by atoms with E-state index in [1.807, 2.05) is 0 Å². The quantitative estimate of drug-likeness (QED) is 0.532. The van der Waals surface area contributed by atoms with Gasteiger partial charge in [-0.25, -0.2) is 0 Å². The molecule has 0 bridgehead atoms. The number of ketones is 1. The zero-order chi connectivity index (χ0) is 18.3. The number of hydrogen-bond donors (Lipinski definition) is 1. The van der Waals surface area contributed by atoms with Gasteiger partial charge in [-0.2, -0.15) is 0 Å². The maximum atomic E-state index is 12.9. The minimum Gasteiger partial charge on any atom is -0.495 e. The predicted molar refractivity (Wildman–Crippen MR) is 100 cm³/mol. The molecule has 0 unspecified atom stereocenters. The van der Waals surface area contributed by atoms with Crippen LogP contribution in [0.2, 0.25) is 20.1 Å². The number of rotatable bonds is 5. The first-order valence-corrected chi connectivity index (χ1v) is 8.76. The Labute approximate surface area is 164 Å². The van der Waals surface area contributed by atoms with E-state index in [2.05, 4.69) is 5.32 Å². The zero-order valence-corrected chi connectivity index (χ0v) is 16.2. The van der Waals surface area contributed by atoms with Gasteiger partial charge in [0.1, 0.15) is 11.5 Å². The molecule has 0 aliphatic carbocycles. The molecule has 8 heteroatoms. The summed E-state index contributed by atoms with van der Waals surface area (Å²) in [5.74, 6) is 0.608. The topological polar surface area (TPSA) is 57.5 Å². The van der Waals surface area contributed by atoms with Crippen molar-refractivity contribution in [1.82, 2.24) is 5.32 Å². The fourth-order valence-electron chi connectivity index (χ4n) is 2.68. The number of carbonyl (C=O) groups excluding carboxylic acids is 1. The Bertz CT molecular complexity index is 856. The third-order valence-corrected chi connectivity index (χ3v) is 5.42. The number of benzene rings is 2. The van der Waals surface area contributed by atoms with Gasteiger partial charge in [-0.15, -0.1) is 0 Å². The molecule has 0 radical (unpaired) electrons. The van der Waals surface area contributed by atoms with Crippen LogP contribution in [0.1, 0.15) is 22.0 Å². The molecule has 1 aliphatic heterocycles. The monoisotopic (exact) mass is 419 g/mol. The van der Waals surface area contributed by atoms with Crippen LogP contribution in [0.4, 0.5) is 0 Å². The molecule has 4 nitrogen and oxygen atoms in total. The molecule has 0 spiro atoms. The number of hydrogen-bond acceptors (Lipinski definition) is 4. The molecule has 25 heavy (non-hydrogen) atoms. The van der Waals surface area contributed by atoms with Crippen LogP contribution in [0.25, 0.3) is 0 Å². The van der Waals surface area contributed by atoms with Crippen molar-refractivity contribution in [2.45, 2.75) is 12.1 Å². The van der Waals surface area contributed by atoms with Crippen molar-refractivity contribution in [1.29, 1.82) is 0 Å². The summed E-state index contributed by atoms with van der Waals surface area (Å²) in [4.78, 5) is 12.9. The van der Waals surface area contributed by atoms with E-state index in [-0.39, 0.29) is 27.4 Å². The number of halogens is 4. The van der Waals surface area contributed by atoms with E-state index in [1.54, 1.807) is 24.3 Å². The van der Waals surface area contributed by atoms with Crippen LogP contribution in [-0.4, -0.2) is 26.0 Å². The Hall–Kier alpha value is -1.17. The lowest BCUT2D eigenvalue weighted by atomic mass is 10.0. The van der Waals surface area contributed by atoms with Gasteiger partial charge in [-0.05, 0) is 24.3 Å². The smallest absolute Gasteiger partial charge is 0.184 e. The first-order chi connectivity index (χ1) is 11.9. The summed E-state index contributed by atoms with van der Waals surface area (Å²) in [6, 6.07) is 5.64. The van der Waals surface area contributed by atoms with E-state index in [0.717, 1.165) is 0 Å². The van der Waals surface area contributed by atoms with Crippen molar-refractivity contribution < 1.29 is 14.3 Å². The molecule has 2 atom stereocenters. The molecule has 0 aromatic heterocycles. The van der Waals surface area contributed by atoms with Gasteiger partial charge in [0.05, 0.1) is 46.9 Å². The molecule has 1 fully saturated rings. The van der Waals surface area contributed by atoms with Crippen molar-refractivity contribution in [2.75, 3.05) is 14.2 Å². The fourth-order valence-corrected chi connectivity index (χ4v) is 4.00. The molecular formula is C17H13Cl4NO3. The summed E-state index contributed by atoms with van der Waals surface area (Å²) in [5.41, 5.74) is 0.814. The van der Waals surface area contributed by atoms with Crippen LogP contribution in [0.5, 0.6) is 11.5 Å². The average Bonchev–Trinajstić information content (AvgIpc) is 3.35. The number of carbonyl (C=O) groups is 1. The highest BCUT2D eigenvalue weighted by Crippen LogP contribution is 2.45. The van der Waals surface area contributed by atoms with Gasteiger partial charge >= 0.3 is 0 Å². The fraction of sp³-hybridized carbons (Fsp3) is 0.235. The Kier molecular flexibility index (Phi) is 5.37. The average molecular weight is 421 g/mol. The summed E-state index contributed by atoms with van der Waals surface area (Å²) in [6.07, 6.45) is 0. The lowest BCUT2D eigenvalue weighted by Gasteiger charge is -2.11. The number of Topliss-reactive ketones (excluding diaryl/α,β-unsaturated/α-hetero) is 1. The van der Waals surface area contributed by atoms with E-state index in [4.69, 9.17) is 55.9 Å². The van der Waals surface area contributed by atoms with Crippen LogP contribution < -0.4 is 14.8 Å². The van der Waals surface area contributed by atoms with Gasteiger partial charge in [0, 0.05) is 10.6 Å². The van der Waals surface area contributed by atoms with Crippen LogP contribution in [-0.2, 0) is 0 Å². The maximum absolute atomic E-state index is 12.9. The SMILES string of the molecule is COc1ccc(Cl)c(C(=O)[C@@H]2N[C@H]2c2c(Cl)ccc(OC)c2Cl)c1Cl. The van der Waals surface area contributed by atoms with Gasteiger partial charge < -0.3 is 9.47 Å². The summed E-state index contributed by atoms with van der Waals surface area (Å²) < 4.78 is 10.4. The molecule has 0 saturated carbocycles. The molecule has 1 aliphatic rings. The number of methoxy groups -OCH3 is 2. The lowest BCUT2D eigenvalue weighted by Crippen LogP contribution is -2.12. The summed E-state index contributed by atoms with van der Waals surface area (Å²) in [6.45, 7) is 0. The van der Waals surface area contributed by atoms with E-state index in [9.17, 15) is 4.79 Å². The van der Waals surface area contributed by atoms with Crippen LogP contribution in [0.3, 0.4) is 0 Å². The molecule has 1 N–H and O–H groups in total. The summed E-state index contributed by atoms with van der Waals surface area (Å²) in [7, 11) is 2.98. The summed E-state index contributed by atoms with van der Waals surface area (Å²) in [5, 5.41) is 4.32. The second-order valence-electron chi connectivity index (χ2n) is 5.40. The number of nitrogens with one attached hydrogen (secondary N) is 1. The van der Waals surface area contributed by atoms with Crippen molar-refractivity contribution in [3.05, 3.63) is 55.5 Å². The molecular weight excluding hydrogens is 408 g/mol. The van der Waals surface area contributed by atoms with Gasteiger partial charge in [0.25, 0.3) is 0 Å². The Morgan fingerprint density at radius 1 is 0.920 bits per heavy atom. The van der Waals surface area contributed by atoms with Crippen LogP contribution in [0.15, 0.2) is 24.3 Å². The van der Waals surface area contributed by atoms with Crippen molar-refractivity contribution in [2.24, 2.45) is 0 Å². The van der Waals surface area contributed by atoms with Crippen LogP contribution >= 0.6 is 46.4 Å². The molecule has 0 amide bonds. The minimum absolute atomic E-state index is 0.176. The van der Waals surface area contributed by atoms with Gasteiger partial charge in [-0.1, -0.05) is 46.4 Å². The molecule has 1 saturated heterocycles. The predicted octanol–water partition coefficient (Wildman–Crippen LogP) is 5.21.